The fourth-order valence-corrected chi connectivity index (χ4v) is 15.4. The zero-order chi connectivity index (χ0) is 50.7. The molecule has 0 radical (unpaired) electrons. The van der Waals surface area contributed by atoms with E-state index in [1.165, 1.54) is 72.6 Å². The highest BCUT2D eigenvalue weighted by atomic mass is 31.2. The maximum absolute atomic E-state index is 13.4. The molecule has 0 saturated heterocycles. The number of carbonyl (C=O) groups is 1. The van der Waals surface area contributed by atoms with Crippen LogP contribution in [0.3, 0.4) is 0 Å². The van der Waals surface area contributed by atoms with Crippen LogP contribution < -0.4 is 20.7 Å². The molecule has 0 fully saturated rings. The number of benzene rings is 7. The van der Waals surface area contributed by atoms with Gasteiger partial charge in [-0.15, -0.1) is 0 Å². The van der Waals surface area contributed by atoms with Gasteiger partial charge in [-0.25, -0.2) is 4.98 Å². The van der Waals surface area contributed by atoms with Gasteiger partial charge in [0, 0.05) is 29.8 Å². The van der Waals surface area contributed by atoms with E-state index < -0.39 is 18.8 Å². The first-order chi connectivity index (χ1) is 35.8. The minimum atomic E-state index is -1.75. The number of aryl methyl sites for hydroxylation is 1. The summed E-state index contributed by atoms with van der Waals surface area (Å²) in [6.45, 7) is 1.12. The summed E-state index contributed by atoms with van der Waals surface area (Å²) < 4.78 is 11.8. The zero-order valence-corrected chi connectivity index (χ0v) is 44.4. The summed E-state index contributed by atoms with van der Waals surface area (Å²) in [6.07, 6.45) is 15.4. The lowest BCUT2D eigenvalue weighted by atomic mass is 9.70. The van der Waals surface area contributed by atoms with Crippen molar-refractivity contribution in [3.8, 4) is 5.88 Å². The van der Waals surface area contributed by atoms with Gasteiger partial charge >= 0.3 is 5.97 Å². The van der Waals surface area contributed by atoms with E-state index in [0.29, 0.717) is 31.9 Å². The van der Waals surface area contributed by atoms with Crippen LogP contribution in [0.25, 0.3) is 21.7 Å². The average molecular weight is 992 g/mol. The molecule has 1 N–H and O–H groups in total. The first-order valence-electron chi connectivity index (χ1n) is 26.9. The van der Waals surface area contributed by atoms with Gasteiger partial charge in [-0.2, -0.15) is 0 Å². The fourth-order valence-electron chi connectivity index (χ4n) is 11.0. The number of hydrogen-bond donors (Lipinski definition) is 1. The van der Waals surface area contributed by atoms with E-state index in [1.54, 1.807) is 7.11 Å². The molecule has 7 aromatic carbocycles. The number of ether oxygens (including phenoxy) is 2. The van der Waals surface area contributed by atoms with Crippen molar-refractivity contribution in [3.05, 3.63) is 210 Å². The number of methoxy groups -OCH3 is 1. The molecule has 378 valence electrons. The molecule has 8 rings (SSSR count). The molecule has 0 aliphatic carbocycles. The van der Waals surface area contributed by atoms with Gasteiger partial charge in [0.15, 0.2) is 0 Å². The van der Waals surface area contributed by atoms with E-state index in [2.05, 4.69) is 157 Å². The third kappa shape index (κ3) is 13.5. The number of aromatic nitrogens is 1. The summed E-state index contributed by atoms with van der Waals surface area (Å²) in [4.78, 5) is 19.9. The Hall–Kier alpha value is -6.17. The Bertz CT molecular complexity index is 2830. The normalized spacial score (nSPS) is 13.0. The van der Waals surface area contributed by atoms with Crippen molar-refractivity contribution in [1.82, 2.24) is 9.88 Å². The second-order valence-electron chi connectivity index (χ2n) is 20.1. The Kier molecular flexibility index (Phi) is 19.4. The molecular formula is C66H76N2O4P+. The average Bonchev–Trinajstić information content (AvgIpc) is 3.43. The lowest BCUT2D eigenvalue weighted by molar-refractivity contribution is -0.143. The van der Waals surface area contributed by atoms with Crippen molar-refractivity contribution in [3.63, 3.8) is 0 Å². The SMILES string of the molecule is COc1nc2ccc(CCCCOC(=O)CCCCCCCCCCC[P+](c3ccccc3)(c3ccccc3)c3ccccc3)cc2cc1[C@@H](c1ccccc1)[C@@](O)(CCN(C)C)c1cccc2ccccc12. The van der Waals surface area contributed by atoms with E-state index in [9.17, 15) is 9.90 Å². The van der Waals surface area contributed by atoms with Gasteiger partial charge in [0.2, 0.25) is 5.88 Å². The summed E-state index contributed by atoms with van der Waals surface area (Å²) in [7, 11) is 4.01. The maximum atomic E-state index is 13.4. The maximum Gasteiger partial charge on any atom is 0.305 e. The van der Waals surface area contributed by atoms with Crippen molar-refractivity contribution in [2.75, 3.05) is 40.5 Å². The van der Waals surface area contributed by atoms with Gasteiger partial charge in [0.1, 0.15) is 28.8 Å². The van der Waals surface area contributed by atoms with E-state index in [4.69, 9.17) is 14.5 Å². The Morgan fingerprint density at radius 1 is 0.603 bits per heavy atom. The molecule has 0 unspecified atom stereocenters. The standard InChI is InChI=1S/C66H76N2O4P/c1-68(2)47-46-66(70,61-42-29-34-53-31-24-25-41-59(53)61)64(54-32-15-11-16-33-54)60-51-55-50-52(44-45-62(55)67-65(60)71-3)30-26-27-48-72-63(69)43-23-9-7-5-4-6-8-10-28-49-73(56-35-17-12-18-36-56,57-37-19-13-20-38-57)58-39-21-14-22-40-58/h11-22,24-25,29,31-42,44-45,50-51,64,70H,4-10,23,26-28,30,43,46-49H2,1-3H3/q+1/t64-,66-/m1/s1. The molecule has 1 heterocycles. The predicted molar refractivity (Wildman–Crippen MR) is 308 cm³/mol. The highest BCUT2D eigenvalue weighted by molar-refractivity contribution is 7.95. The van der Waals surface area contributed by atoms with E-state index >= 15 is 0 Å². The van der Waals surface area contributed by atoms with Crippen LogP contribution in [0.4, 0.5) is 0 Å². The lowest BCUT2D eigenvalue weighted by Gasteiger charge is -2.39. The quantitative estimate of drug-likeness (QED) is 0.0299. The minimum absolute atomic E-state index is 0.0827. The molecule has 8 aromatic rings. The van der Waals surface area contributed by atoms with E-state index in [-0.39, 0.29) is 5.97 Å². The predicted octanol–water partition coefficient (Wildman–Crippen LogP) is 14.1. The fraction of sp³-hybridized carbons (Fsp3) is 0.333. The highest BCUT2D eigenvalue weighted by Crippen LogP contribution is 2.56. The number of unbranched alkanes of at least 4 members (excludes halogenated alkanes) is 9. The molecule has 0 spiro atoms. The number of nitrogens with zero attached hydrogens (tertiary/aromatic N) is 2. The topological polar surface area (TPSA) is 71.9 Å². The molecule has 0 bridgehead atoms. The summed E-state index contributed by atoms with van der Waals surface area (Å²) in [5, 5.41) is 20.9. The zero-order valence-electron chi connectivity index (χ0n) is 43.5. The Morgan fingerprint density at radius 3 is 1.78 bits per heavy atom. The van der Waals surface area contributed by atoms with Gasteiger partial charge in [-0.05, 0) is 141 Å². The van der Waals surface area contributed by atoms with Crippen LogP contribution in [-0.2, 0) is 21.6 Å². The molecule has 0 amide bonds. The first kappa shape index (κ1) is 53.1. The summed E-state index contributed by atoms with van der Waals surface area (Å²) >= 11 is 0. The van der Waals surface area contributed by atoms with Crippen LogP contribution in [-0.4, -0.2) is 61.5 Å². The third-order valence-electron chi connectivity index (χ3n) is 14.8. The molecule has 2 atom stereocenters. The summed E-state index contributed by atoms with van der Waals surface area (Å²) in [5.74, 6) is -0.0574. The number of carbonyl (C=O) groups excluding carboxylic acids is 1. The molecule has 1 aromatic heterocycles. The number of rotatable bonds is 28. The van der Waals surface area contributed by atoms with E-state index in [1.807, 2.05) is 50.5 Å². The molecule has 7 heteroatoms. The van der Waals surface area contributed by atoms with Crippen molar-refractivity contribution in [2.45, 2.75) is 101 Å². The van der Waals surface area contributed by atoms with Crippen molar-refractivity contribution >= 4 is 50.8 Å². The van der Waals surface area contributed by atoms with Gasteiger partial charge in [-0.3, -0.25) is 4.79 Å². The number of esters is 1. The second-order valence-corrected chi connectivity index (χ2v) is 23.7. The van der Waals surface area contributed by atoms with Crippen LogP contribution in [0.15, 0.2) is 188 Å². The Morgan fingerprint density at radius 2 is 1.16 bits per heavy atom. The minimum Gasteiger partial charge on any atom is -0.481 e. The largest absolute Gasteiger partial charge is 0.481 e. The molecule has 6 nitrogen and oxygen atoms in total. The van der Waals surface area contributed by atoms with Gasteiger partial charge in [0.05, 0.1) is 25.4 Å². The lowest BCUT2D eigenvalue weighted by Crippen LogP contribution is -2.38. The monoisotopic (exact) mass is 992 g/mol. The molecule has 0 aliphatic rings. The number of aliphatic hydroxyl groups is 1. The van der Waals surface area contributed by atoms with E-state index in [0.717, 1.165) is 70.5 Å². The highest BCUT2D eigenvalue weighted by Gasteiger charge is 2.45. The summed E-state index contributed by atoms with van der Waals surface area (Å²) in [6, 6.07) is 67.1. The van der Waals surface area contributed by atoms with Crippen LogP contribution >= 0.6 is 7.26 Å². The number of hydrogen-bond acceptors (Lipinski definition) is 6. The van der Waals surface area contributed by atoms with Crippen molar-refractivity contribution in [2.24, 2.45) is 0 Å². The molecule has 0 saturated carbocycles. The smallest absolute Gasteiger partial charge is 0.305 e. The van der Waals surface area contributed by atoms with Crippen LogP contribution in [0.5, 0.6) is 5.88 Å². The van der Waals surface area contributed by atoms with Gasteiger partial charge in [-0.1, -0.05) is 172 Å². The summed E-state index contributed by atoms with van der Waals surface area (Å²) in [5.41, 5.74) is 3.45. The van der Waals surface area contributed by atoms with Gasteiger partial charge < -0.3 is 19.5 Å². The second kappa shape index (κ2) is 26.7. The number of fused-ring (bicyclic) bond motifs is 2. The molecular weight excluding hydrogens is 916 g/mol. The van der Waals surface area contributed by atoms with Crippen LogP contribution in [0.1, 0.15) is 112 Å². The van der Waals surface area contributed by atoms with Gasteiger partial charge in [0.25, 0.3) is 0 Å². The van der Waals surface area contributed by atoms with Crippen molar-refractivity contribution in [1.29, 1.82) is 0 Å². The Labute approximate surface area is 436 Å². The molecule has 73 heavy (non-hydrogen) atoms. The van der Waals surface area contributed by atoms with Crippen LogP contribution in [0.2, 0.25) is 0 Å². The first-order valence-corrected chi connectivity index (χ1v) is 28.9. The Balaban J connectivity index is 0.788. The van der Waals surface area contributed by atoms with Crippen molar-refractivity contribution < 1.29 is 19.4 Å². The molecule has 0 aliphatic heterocycles. The van der Waals surface area contributed by atoms with Crippen LogP contribution in [0, 0.1) is 0 Å². The third-order valence-corrected chi connectivity index (χ3v) is 19.3. The number of pyridine rings is 1.